The smallest absolute Gasteiger partial charge is 0.257 e. The maximum atomic E-state index is 12.7. The van der Waals surface area contributed by atoms with E-state index in [4.69, 9.17) is 4.42 Å². The van der Waals surface area contributed by atoms with Gasteiger partial charge in [-0.3, -0.25) is 9.59 Å². The number of hydrogen-bond acceptors (Lipinski definition) is 3. The number of amides is 2. The Balaban J connectivity index is 1.82. The van der Waals surface area contributed by atoms with Gasteiger partial charge in [0.15, 0.2) is 0 Å². The van der Waals surface area contributed by atoms with Gasteiger partial charge in [-0.2, -0.15) is 0 Å². The summed E-state index contributed by atoms with van der Waals surface area (Å²) in [7, 11) is 0. The van der Waals surface area contributed by atoms with Crippen molar-refractivity contribution in [2.45, 2.75) is 40.0 Å². The summed E-state index contributed by atoms with van der Waals surface area (Å²) in [5.41, 5.74) is 1.78. The number of nitrogens with one attached hydrogen (secondary N) is 1. The Morgan fingerprint density at radius 1 is 1.12 bits per heavy atom. The van der Waals surface area contributed by atoms with Gasteiger partial charge in [-0.05, 0) is 38.3 Å². The summed E-state index contributed by atoms with van der Waals surface area (Å²) >= 11 is 0. The molecule has 0 spiro atoms. The topological polar surface area (TPSA) is 62.6 Å². The second kappa shape index (κ2) is 9.80. The zero-order valence-corrected chi connectivity index (χ0v) is 15.9. The predicted octanol–water partition coefficient (Wildman–Crippen LogP) is 3.50. The largest absolute Gasteiger partial charge is 0.466 e. The first-order valence-corrected chi connectivity index (χ1v) is 9.18. The number of nitrogens with zero attached hydrogens (tertiary/aromatic N) is 1. The third-order valence-electron chi connectivity index (χ3n) is 4.24. The Hall–Kier alpha value is -2.56. The fraction of sp³-hybridized carbons (Fsp3) is 0.429. The molecule has 0 atom stereocenters. The molecule has 1 heterocycles. The fourth-order valence-corrected chi connectivity index (χ4v) is 2.91. The lowest BCUT2D eigenvalue weighted by molar-refractivity contribution is -0.121. The average Bonchev–Trinajstić information content (AvgIpc) is 2.97. The molecule has 5 heteroatoms. The predicted molar refractivity (Wildman–Crippen MR) is 102 cm³/mol. The van der Waals surface area contributed by atoms with Gasteiger partial charge >= 0.3 is 0 Å². The molecule has 140 valence electrons. The molecule has 26 heavy (non-hydrogen) atoms. The molecule has 0 saturated heterocycles. The van der Waals surface area contributed by atoms with Crippen molar-refractivity contribution in [1.82, 2.24) is 10.2 Å². The van der Waals surface area contributed by atoms with E-state index in [2.05, 4.69) is 5.32 Å². The molecule has 1 aromatic heterocycles. The SMILES string of the molecule is CCCN(CCC(=O)NCCc1ccccc1)C(=O)c1cc(C)oc1C. The molecule has 0 bridgehead atoms. The first kappa shape index (κ1) is 19.8. The minimum Gasteiger partial charge on any atom is -0.466 e. The van der Waals surface area contributed by atoms with Crippen LogP contribution in [0, 0.1) is 13.8 Å². The van der Waals surface area contributed by atoms with Crippen molar-refractivity contribution in [2.75, 3.05) is 19.6 Å². The van der Waals surface area contributed by atoms with Crippen molar-refractivity contribution < 1.29 is 14.0 Å². The Bertz CT molecular complexity index is 722. The van der Waals surface area contributed by atoms with Gasteiger partial charge in [0.05, 0.1) is 5.56 Å². The number of benzene rings is 1. The van der Waals surface area contributed by atoms with Crippen LogP contribution in [-0.2, 0) is 11.2 Å². The summed E-state index contributed by atoms with van der Waals surface area (Å²) in [6.07, 6.45) is 1.95. The van der Waals surface area contributed by atoms with E-state index in [0.717, 1.165) is 18.6 Å². The van der Waals surface area contributed by atoms with Crippen LogP contribution >= 0.6 is 0 Å². The Labute approximate surface area is 155 Å². The van der Waals surface area contributed by atoms with Gasteiger partial charge in [-0.15, -0.1) is 0 Å². The summed E-state index contributed by atoms with van der Waals surface area (Å²) in [5.74, 6) is 1.25. The molecule has 0 fully saturated rings. The van der Waals surface area contributed by atoms with Gasteiger partial charge in [-0.25, -0.2) is 0 Å². The van der Waals surface area contributed by atoms with Gasteiger partial charge in [0.2, 0.25) is 5.91 Å². The first-order chi connectivity index (χ1) is 12.5. The highest BCUT2D eigenvalue weighted by molar-refractivity contribution is 5.95. The van der Waals surface area contributed by atoms with Gasteiger partial charge < -0.3 is 14.6 Å². The number of hydrogen-bond donors (Lipinski definition) is 1. The van der Waals surface area contributed by atoms with Crippen LogP contribution in [-0.4, -0.2) is 36.3 Å². The van der Waals surface area contributed by atoms with Crippen LogP contribution in [0.5, 0.6) is 0 Å². The number of aryl methyl sites for hydroxylation is 2. The lowest BCUT2D eigenvalue weighted by atomic mass is 10.1. The first-order valence-electron chi connectivity index (χ1n) is 9.18. The highest BCUT2D eigenvalue weighted by Gasteiger charge is 2.20. The Morgan fingerprint density at radius 2 is 1.85 bits per heavy atom. The van der Waals surface area contributed by atoms with Gasteiger partial charge in [0, 0.05) is 26.1 Å². The number of carbonyl (C=O) groups is 2. The van der Waals surface area contributed by atoms with Crippen LogP contribution < -0.4 is 5.32 Å². The van der Waals surface area contributed by atoms with E-state index in [1.54, 1.807) is 17.9 Å². The third kappa shape index (κ3) is 5.76. The molecule has 0 unspecified atom stereocenters. The van der Waals surface area contributed by atoms with Crippen LogP contribution in [0.15, 0.2) is 40.8 Å². The molecule has 2 rings (SSSR count). The molecule has 5 nitrogen and oxygen atoms in total. The van der Waals surface area contributed by atoms with Crippen LogP contribution in [0.3, 0.4) is 0 Å². The van der Waals surface area contributed by atoms with Gasteiger partial charge in [0.25, 0.3) is 5.91 Å². The zero-order chi connectivity index (χ0) is 18.9. The molecule has 2 aromatic rings. The Morgan fingerprint density at radius 3 is 2.46 bits per heavy atom. The van der Waals surface area contributed by atoms with E-state index in [9.17, 15) is 9.59 Å². The molecule has 1 N–H and O–H groups in total. The van der Waals surface area contributed by atoms with Crippen LogP contribution in [0.1, 0.15) is 47.2 Å². The lowest BCUT2D eigenvalue weighted by Gasteiger charge is -2.21. The van der Waals surface area contributed by atoms with E-state index in [1.807, 2.05) is 44.2 Å². The Kier molecular flexibility index (Phi) is 7.45. The highest BCUT2D eigenvalue weighted by atomic mass is 16.3. The fourth-order valence-electron chi connectivity index (χ4n) is 2.91. The maximum Gasteiger partial charge on any atom is 0.257 e. The highest BCUT2D eigenvalue weighted by Crippen LogP contribution is 2.16. The normalized spacial score (nSPS) is 10.6. The molecular formula is C21H28N2O3. The second-order valence-electron chi connectivity index (χ2n) is 6.45. The second-order valence-corrected chi connectivity index (χ2v) is 6.45. The van der Waals surface area contributed by atoms with E-state index >= 15 is 0 Å². The van der Waals surface area contributed by atoms with E-state index in [0.29, 0.717) is 37.4 Å². The summed E-state index contributed by atoms with van der Waals surface area (Å²) in [6, 6.07) is 11.8. The summed E-state index contributed by atoms with van der Waals surface area (Å²) in [5, 5.41) is 2.93. The zero-order valence-electron chi connectivity index (χ0n) is 15.9. The van der Waals surface area contributed by atoms with Crippen molar-refractivity contribution in [3.8, 4) is 0 Å². The van der Waals surface area contributed by atoms with E-state index in [-0.39, 0.29) is 11.8 Å². The van der Waals surface area contributed by atoms with Crippen molar-refractivity contribution >= 4 is 11.8 Å². The summed E-state index contributed by atoms with van der Waals surface area (Å²) in [6.45, 7) is 7.28. The van der Waals surface area contributed by atoms with Crippen molar-refractivity contribution in [1.29, 1.82) is 0 Å². The van der Waals surface area contributed by atoms with Crippen LogP contribution in [0.4, 0.5) is 0 Å². The number of carbonyl (C=O) groups excluding carboxylic acids is 2. The van der Waals surface area contributed by atoms with Gasteiger partial charge in [0.1, 0.15) is 11.5 Å². The minimum atomic E-state index is -0.0710. The number of furan rings is 1. The molecule has 0 aliphatic rings. The lowest BCUT2D eigenvalue weighted by Crippen LogP contribution is -2.36. The van der Waals surface area contributed by atoms with Crippen molar-refractivity contribution in [3.05, 3.63) is 59.0 Å². The van der Waals surface area contributed by atoms with E-state index < -0.39 is 0 Å². The third-order valence-corrected chi connectivity index (χ3v) is 4.24. The molecule has 0 aliphatic carbocycles. The standard InChI is InChI=1S/C21H28N2O3/c1-4-13-23(21(25)19-15-16(2)26-17(19)3)14-11-20(24)22-12-10-18-8-6-5-7-9-18/h5-9,15H,4,10-14H2,1-3H3,(H,22,24). The van der Waals surface area contributed by atoms with Crippen LogP contribution in [0.25, 0.3) is 0 Å². The average molecular weight is 356 g/mol. The van der Waals surface area contributed by atoms with Crippen LogP contribution in [0.2, 0.25) is 0 Å². The quantitative estimate of drug-likeness (QED) is 0.748. The number of rotatable bonds is 9. The van der Waals surface area contributed by atoms with E-state index in [1.165, 1.54) is 5.56 Å². The molecule has 0 saturated carbocycles. The molecule has 0 aliphatic heterocycles. The molecule has 1 aromatic carbocycles. The maximum absolute atomic E-state index is 12.7. The summed E-state index contributed by atoms with van der Waals surface area (Å²) < 4.78 is 5.46. The molecular weight excluding hydrogens is 328 g/mol. The summed E-state index contributed by atoms with van der Waals surface area (Å²) in [4.78, 5) is 26.5. The monoisotopic (exact) mass is 356 g/mol. The molecule has 2 amide bonds. The van der Waals surface area contributed by atoms with Crippen molar-refractivity contribution in [3.63, 3.8) is 0 Å². The minimum absolute atomic E-state index is 0.0325. The van der Waals surface area contributed by atoms with Gasteiger partial charge in [-0.1, -0.05) is 37.3 Å². The van der Waals surface area contributed by atoms with Crippen molar-refractivity contribution in [2.24, 2.45) is 0 Å². The molecule has 0 radical (unpaired) electrons.